The van der Waals surface area contributed by atoms with Crippen LogP contribution in [0.2, 0.25) is 0 Å². The molecular weight excluding hydrogens is 464 g/mol. The molecule has 0 spiro atoms. The molecule has 2 aliphatic heterocycles. The number of carbonyl (C=O) groups excluding carboxylic acids is 2. The van der Waals surface area contributed by atoms with Crippen LogP contribution in [-0.2, 0) is 23.9 Å². The summed E-state index contributed by atoms with van der Waals surface area (Å²) in [6.45, 7) is 1.41. The van der Waals surface area contributed by atoms with Gasteiger partial charge in [-0.15, -0.1) is 0 Å². The second-order valence-corrected chi connectivity index (χ2v) is 10.8. The van der Waals surface area contributed by atoms with Crippen molar-refractivity contribution in [3.8, 4) is 0 Å². The Morgan fingerprint density at radius 2 is 1.92 bits per heavy atom. The summed E-state index contributed by atoms with van der Waals surface area (Å²) in [6.07, 6.45) is 10.7. The van der Waals surface area contributed by atoms with E-state index in [1.54, 1.807) is 14.2 Å². The van der Waals surface area contributed by atoms with E-state index in [1.807, 2.05) is 0 Å². The Bertz CT molecular complexity index is 714. The van der Waals surface area contributed by atoms with E-state index >= 15 is 0 Å². The standard InChI is InChI=1S/C25H46N6O5/c1-34-19-9-8-16(14-20(19)35-2)15-21-28-23(36-31-21)11-10-22(32)26-12-5-13-27-24-17-6-3-4-7-18(17)25(33)30-29-24/h16-21,23-24,27-29,31H,3-15H2,1-2H3,(H,26,32)(H,30,33). The molecule has 11 nitrogen and oxygen atoms in total. The highest BCUT2D eigenvalue weighted by molar-refractivity contribution is 5.79. The van der Waals surface area contributed by atoms with Crippen LogP contribution in [0.1, 0.15) is 70.6 Å². The third-order valence-electron chi connectivity index (χ3n) is 8.36. The first-order valence-electron chi connectivity index (χ1n) is 13.9. The first-order chi connectivity index (χ1) is 17.6. The van der Waals surface area contributed by atoms with Crippen LogP contribution in [-0.4, -0.2) is 69.9 Å². The van der Waals surface area contributed by atoms with E-state index in [0.717, 1.165) is 57.9 Å². The Morgan fingerprint density at radius 3 is 2.75 bits per heavy atom. The molecule has 8 unspecified atom stereocenters. The predicted octanol–water partition coefficient (Wildman–Crippen LogP) is 0.626. The van der Waals surface area contributed by atoms with E-state index in [-0.39, 0.29) is 48.5 Å². The summed E-state index contributed by atoms with van der Waals surface area (Å²) < 4.78 is 11.2. The van der Waals surface area contributed by atoms with Gasteiger partial charge in [-0.1, -0.05) is 12.8 Å². The monoisotopic (exact) mass is 510 g/mol. The molecule has 11 heteroatoms. The quantitative estimate of drug-likeness (QED) is 0.209. The zero-order valence-corrected chi connectivity index (χ0v) is 21.9. The second kappa shape index (κ2) is 14.0. The van der Waals surface area contributed by atoms with E-state index in [0.29, 0.717) is 31.2 Å². The number of hydrogen-bond acceptors (Lipinski definition) is 9. The summed E-state index contributed by atoms with van der Waals surface area (Å²) in [5.41, 5.74) is 9.03. The van der Waals surface area contributed by atoms with Crippen LogP contribution >= 0.6 is 0 Å². The Labute approximate surface area is 214 Å². The van der Waals surface area contributed by atoms with Crippen molar-refractivity contribution in [1.29, 1.82) is 0 Å². The van der Waals surface area contributed by atoms with Crippen LogP contribution in [0.3, 0.4) is 0 Å². The molecule has 4 aliphatic rings. The number of hydrogen-bond donors (Lipinski definition) is 6. The molecule has 0 bridgehead atoms. The Hall–Kier alpha value is -1.34. The van der Waals surface area contributed by atoms with Crippen LogP contribution < -0.4 is 32.3 Å². The van der Waals surface area contributed by atoms with Crippen molar-refractivity contribution in [2.75, 3.05) is 27.3 Å². The molecule has 0 radical (unpaired) electrons. The largest absolute Gasteiger partial charge is 0.379 e. The van der Waals surface area contributed by atoms with Crippen molar-refractivity contribution < 1.29 is 23.9 Å². The van der Waals surface area contributed by atoms with Crippen LogP contribution in [0.25, 0.3) is 0 Å². The summed E-state index contributed by atoms with van der Waals surface area (Å²) in [4.78, 5) is 30.0. The van der Waals surface area contributed by atoms with Crippen molar-refractivity contribution in [1.82, 2.24) is 32.3 Å². The third-order valence-corrected chi connectivity index (χ3v) is 8.36. The lowest BCUT2D eigenvalue weighted by atomic mass is 9.76. The van der Waals surface area contributed by atoms with Gasteiger partial charge in [-0.25, -0.2) is 5.43 Å². The molecular formula is C25H46N6O5. The van der Waals surface area contributed by atoms with Crippen LogP contribution in [0.5, 0.6) is 0 Å². The van der Waals surface area contributed by atoms with Crippen molar-refractivity contribution in [3.63, 3.8) is 0 Å². The molecule has 2 saturated heterocycles. The number of rotatable bonds is 12. The summed E-state index contributed by atoms with van der Waals surface area (Å²) in [5, 5.41) is 9.98. The number of hydrazine groups is 1. The molecule has 4 rings (SSSR count). The maximum absolute atomic E-state index is 12.3. The van der Waals surface area contributed by atoms with Gasteiger partial charge in [-0.2, -0.15) is 5.48 Å². The fourth-order valence-electron chi connectivity index (χ4n) is 6.32. The highest BCUT2D eigenvalue weighted by atomic mass is 16.7. The number of ether oxygens (including phenoxy) is 2. The minimum absolute atomic E-state index is 0.0417. The molecule has 2 saturated carbocycles. The fraction of sp³-hybridized carbons (Fsp3) is 0.920. The highest BCUT2D eigenvalue weighted by Gasteiger charge is 2.39. The normalized spacial score (nSPS) is 36.8. The number of methoxy groups -OCH3 is 2. The average Bonchev–Trinajstić information content (AvgIpc) is 3.35. The van der Waals surface area contributed by atoms with Gasteiger partial charge in [0.25, 0.3) is 0 Å². The average molecular weight is 511 g/mol. The molecule has 206 valence electrons. The van der Waals surface area contributed by atoms with Crippen LogP contribution in [0.15, 0.2) is 0 Å². The smallest absolute Gasteiger partial charge is 0.237 e. The van der Waals surface area contributed by atoms with E-state index in [9.17, 15) is 9.59 Å². The molecule has 6 N–H and O–H groups in total. The molecule has 4 fully saturated rings. The minimum atomic E-state index is -0.160. The van der Waals surface area contributed by atoms with Crippen molar-refractivity contribution in [2.45, 2.75) is 101 Å². The summed E-state index contributed by atoms with van der Waals surface area (Å²) in [5.74, 6) is 1.18. The van der Waals surface area contributed by atoms with E-state index in [1.165, 1.54) is 6.42 Å². The minimum Gasteiger partial charge on any atom is -0.379 e. The molecule has 2 heterocycles. The molecule has 8 atom stereocenters. The van der Waals surface area contributed by atoms with Crippen molar-refractivity contribution in [2.24, 2.45) is 17.8 Å². The predicted molar refractivity (Wildman–Crippen MR) is 134 cm³/mol. The van der Waals surface area contributed by atoms with E-state index in [4.69, 9.17) is 14.3 Å². The molecule has 2 amide bonds. The zero-order chi connectivity index (χ0) is 25.3. The summed E-state index contributed by atoms with van der Waals surface area (Å²) in [7, 11) is 3.51. The molecule has 0 aromatic carbocycles. The van der Waals surface area contributed by atoms with Gasteiger partial charge < -0.3 is 20.1 Å². The Kier molecular flexibility index (Phi) is 10.8. The Balaban J connectivity index is 1.04. The van der Waals surface area contributed by atoms with Gasteiger partial charge in [-0.3, -0.25) is 25.2 Å². The SMILES string of the molecule is COC1CCC(CC2NOC(CCC(=O)NCCCNC3NNC(=O)C4CCCCC34)N2)CC1OC. The number of carbonyl (C=O) groups is 2. The van der Waals surface area contributed by atoms with Crippen molar-refractivity contribution >= 4 is 11.8 Å². The second-order valence-electron chi connectivity index (χ2n) is 10.8. The van der Waals surface area contributed by atoms with Gasteiger partial charge >= 0.3 is 0 Å². The highest BCUT2D eigenvalue weighted by Crippen LogP contribution is 2.33. The lowest BCUT2D eigenvalue weighted by Gasteiger charge is -2.41. The number of amides is 2. The third kappa shape index (κ3) is 7.59. The first kappa shape index (κ1) is 27.7. The van der Waals surface area contributed by atoms with E-state index < -0.39 is 0 Å². The molecule has 2 aliphatic carbocycles. The summed E-state index contributed by atoms with van der Waals surface area (Å²) >= 11 is 0. The number of nitrogens with one attached hydrogen (secondary N) is 6. The van der Waals surface area contributed by atoms with Crippen LogP contribution in [0.4, 0.5) is 0 Å². The van der Waals surface area contributed by atoms with Crippen molar-refractivity contribution in [3.05, 3.63) is 0 Å². The van der Waals surface area contributed by atoms with Gasteiger partial charge in [0.2, 0.25) is 11.8 Å². The first-order valence-corrected chi connectivity index (χ1v) is 13.9. The van der Waals surface area contributed by atoms with E-state index in [2.05, 4.69) is 32.3 Å². The summed E-state index contributed by atoms with van der Waals surface area (Å²) in [6, 6.07) is 0. The maximum atomic E-state index is 12.3. The number of hydroxylamine groups is 1. The fourth-order valence-corrected chi connectivity index (χ4v) is 6.32. The molecule has 36 heavy (non-hydrogen) atoms. The molecule has 0 aromatic rings. The lowest BCUT2D eigenvalue weighted by Crippen LogP contribution is -2.64. The van der Waals surface area contributed by atoms with Gasteiger partial charge in [0.15, 0.2) is 0 Å². The Morgan fingerprint density at radius 1 is 1.08 bits per heavy atom. The molecule has 0 aromatic heterocycles. The van der Waals surface area contributed by atoms with Gasteiger partial charge in [0.1, 0.15) is 6.23 Å². The topological polar surface area (TPSA) is 134 Å². The lowest BCUT2D eigenvalue weighted by molar-refractivity contribution is -0.134. The zero-order valence-electron chi connectivity index (χ0n) is 21.9. The van der Waals surface area contributed by atoms with Gasteiger partial charge in [0.05, 0.1) is 24.5 Å². The van der Waals surface area contributed by atoms with Gasteiger partial charge in [0, 0.05) is 39.0 Å². The maximum Gasteiger partial charge on any atom is 0.237 e. The van der Waals surface area contributed by atoms with Gasteiger partial charge in [-0.05, 0) is 63.8 Å². The number of fused-ring (bicyclic) bond motifs is 1. The van der Waals surface area contributed by atoms with Crippen LogP contribution in [0, 0.1) is 17.8 Å².